The third kappa shape index (κ3) is 4.62. The van der Waals surface area contributed by atoms with E-state index in [2.05, 4.69) is 10.3 Å². The van der Waals surface area contributed by atoms with Gasteiger partial charge in [0.15, 0.2) is 0 Å². The van der Waals surface area contributed by atoms with E-state index in [1.54, 1.807) is 25.7 Å². The number of aromatic nitrogens is 1. The quantitative estimate of drug-likeness (QED) is 0.795. The van der Waals surface area contributed by atoms with Crippen molar-refractivity contribution < 1.29 is 22.7 Å². The largest absolute Gasteiger partial charge is 0.444 e. The minimum absolute atomic E-state index is 0.184. The molecular formula is C19H27F3N4O2. The number of hydrogen-bond donors (Lipinski definition) is 2. The summed E-state index contributed by atoms with van der Waals surface area (Å²) in [4.78, 5) is 18.1. The molecule has 2 unspecified atom stereocenters. The van der Waals surface area contributed by atoms with E-state index in [-0.39, 0.29) is 19.5 Å². The zero-order valence-corrected chi connectivity index (χ0v) is 16.4. The minimum atomic E-state index is -4.36. The van der Waals surface area contributed by atoms with Gasteiger partial charge in [-0.3, -0.25) is 4.98 Å². The second-order valence-corrected chi connectivity index (χ2v) is 8.56. The summed E-state index contributed by atoms with van der Waals surface area (Å²) < 4.78 is 45.9. The molecule has 2 atom stereocenters. The predicted molar refractivity (Wildman–Crippen MR) is 100 cm³/mol. The normalized spacial score (nSPS) is 22.7. The van der Waals surface area contributed by atoms with Crippen molar-refractivity contribution in [2.24, 2.45) is 5.92 Å². The Bertz CT molecular complexity index is 746. The van der Waals surface area contributed by atoms with Gasteiger partial charge in [-0.2, -0.15) is 13.2 Å². The van der Waals surface area contributed by atoms with E-state index in [0.717, 1.165) is 30.5 Å². The van der Waals surface area contributed by atoms with Crippen LogP contribution in [0.4, 0.5) is 29.3 Å². The third-order valence-electron chi connectivity index (χ3n) is 5.06. The van der Waals surface area contributed by atoms with E-state index in [4.69, 9.17) is 10.5 Å². The SMILES string of the molecule is CC(C)(C)OC(=O)NC1CC(C(F)(F)F)CN(c2c(N)cnc3c2CCC3)C1. The lowest BCUT2D eigenvalue weighted by molar-refractivity contribution is -0.177. The molecule has 3 N–H and O–H groups in total. The maximum atomic E-state index is 13.6. The first kappa shape index (κ1) is 20.5. The van der Waals surface area contributed by atoms with Gasteiger partial charge in [-0.15, -0.1) is 0 Å². The fourth-order valence-corrected chi connectivity index (χ4v) is 3.98. The summed E-state index contributed by atoms with van der Waals surface area (Å²) in [5.41, 5.74) is 8.22. The zero-order chi connectivity index (χ0) is 20.7. The number of alkyl halides is 3. The minimum Gasteiger partial charge on any atom is -0.444 e. The van der Waals surface area contributed by atoms with Gasteiger partial charge in [-0.1, -0.05) is 0 Å². The first-order valence-corrected chi connectivity index (χ1v) is 9.51. The molecule has 0 saturated carbocycles. The number of carbonyl (C=O) groups is 1. The number of amides is 1. The van der Waals surface area contributed by atoms with E-state index in [1.807, 2.05) is 0 Å². The van der Waals surface area contributed by atoms with E-state index in [1.165, 1.54) is 6.20 Å². The van der Waals surface area contributed by atoms with Crippen LogP contribution in [-0.2, 0) is 17.6 Å². The summed E-state index contributed by atoms with van der Waals surface area (Å²) in [5.74, 6) is -1.56. The summed E-state index contributed by atoms with van der Waals surface area (Å²) >= 11 is 0. The Morgan fingerprint density at radius 2 is 2.00 bits per heavy atom. The highest BCUT2D eigenvalue weighted by Gasteiger charge is 2.45. The van der Waals surface area contributed by atoms with Gasteiger partial charge in [0, 0.05) is 18.8 Å². The van der Waals surface area contributed by atoms with Gasteiger partial charge in [0.05, 0.1) is 29.5 Å². The molecule has 1 saturated heterocycles. The van der Waals surface area contributed by atoms with Gasteiger partial charge >= 0.3 is 12.3 Å². The molecule has 1 aliphatic carbocycles. The van der Waals surface area contributed by atoms with Gasteiger partial charge < -0.3 is 20.7 Å². The highest BCUT2D eigenvalue weighted by atomic mass is 19.4. The number of nitrogen functional groups attached to an aromatic ring is 1. The summed E-state index contributed by atoms with van der Waals surface area (Å²) in [7, 11) is 0. The molecule has 28 heavy (non-hydrogen) atoms. The molecule has 1 amide bonds. The molecule has 0 spiro atoms. The standard InChI is InChI=1S/C19H27F3N4O2/c1-18(2,3)28-17(27)25-12-7-11(19(20,21)22)9-26(10-12)16-13-5-4-6-15(13)24-8-14(16)23/h8,11-12H,4-7,9-10,23H2,1-3H3,(H,25,27). The lowest BCUT2D eigenvalue weighted by Gasteiger charge is -2.41. The van der Waals surface area contributed by atoms with Crippen molar-refractivity contribution in [3.8, 4) is 0 Å². The summed E-state index contributed by atoms with van der Waals surface area (Å²) in [5, 5.41) is 2.61. The van der Waals surface area contributed by atoms with Crippen LogP contribution in [0.2, 0.25) is 0 Å². The van der Waals surface area contributed by atoms with Crippen LogP contribution >= 0.6 is 0 Å². The molecule has 3 rings (SSSR count). The number of aryl methyl sites for hydroxylation is 1. The maximum Gasteiger partial charge on any atom is 0.407 e. The number of fused-ring (bicyclic) bond motifs is 1. The second kappa shape index (κ2) is 7.33. The molecule has 2 heterocycles. The van der Waals surface area contributed by atoms with Crippen LogP contribution in [0.5, 0.6) is 0 Å². The highest BCUT2D eigenvalue weighted by Crippen LogP contribution is 2.40. The molecule has 6 nitrogen and oxygen atoms in total. The number of pyridine rings is 1. The van der Waals surface area contributed by atoms with Crippen molar-refractivity contribution in [3.63, 3.8) is 0 Å². The van der Waals surface area contributed by atoms with Crippen LogP contribution in [0.15, 0.2) is 6.20 Å². The van der Waals surface area contributed by atoms with E-state index in [0.29, 0.717) is 11.4 Å². The first-order chi connectivity index (χ1) is 12.9. The highest BCUT2D eigenvalue weighted by molar-refractivity contribution is 5.73. The van der Waals surface area contributed by atoms with Crippen LogP contribution in [-0.4, -0.2) is 42.0 Å². The Balaban J connectivity index is 1.86. The van der Waals surface area contributed by atoms with Gasteiger partial charge in [0.1, 0.15) is 5.60 Å². The van der Waals surface area contributed by atoms with E-state index >= 15 is 0 Å². The molecule has 1 aliphatic heterocycles. The van der Waals surface area contributed by atoms with Gasteiger partial charge in [0.2, 0.25) is 0 Å². The van der Waals surface area contributed by atoms with Crippen molar-refractivity contribution in [3.05, 3.63) is 17.5 Å². The summed E-state index contributed by atoms with van der Waals surface area (Å²) in [6, 6.07) is -0.695. The van der Waals surface area contributed by atoms with Crippen LogP contribution in [0.1, 0.15) is 44.9 Å². The number of piperidine rings is 1. The molecule has 1 aromatic heterocycles. The number of nitrogens with two attached hydrogens (primary N) is 1. The predicted octanol–water partition coefficient (Wildman–Crippen LogP) is 3.43. The average molecular weight is 400 g/mol. The van der Waals surface area contributed by atoms with Gasteiger partial charge in [-0.25, -0.2) is 4.79 Å². The molecule has 1 aromatic rings. The molecule has 9 heteroatoms. The second-order valence-electron chi connectivity index (χ2n) is 8.56. The van der Waals surface area contributed by atoms with Crippen molar-refractivity contribution in [1.29, 1.82) is 0 Å². The summed E-state index contributed by atoms with van der Waals surface area (Å²) in [6.07, 6.45) is -1.28. The van der Waals surface area contributed by atoms with E-state index < -0.39 is 29.8 Å². The van der Waals surface area contributed by atoms with Crippen molar-refractivity contribution >= 4 is 17.5 Å². The number of rotatable bonds is 2. The first-order valence-electron chi connectivity index (χ1n) is 9.51. The molecule has 2 aliphatic rings. The molecule has 1 fully saturated rings. The van der Waals surface area contributed by atoms with Gasteiger partial charge in [-0.05, 0) is 52.0 Å². The number of nitrogens with zero attached hydrogens (tertiary/aromatic N) is 2. The monoisotopic (exact) mass is 400 g/mol. The number of nitrogens with one attached hydrogen (secondary N) is 1. The topological polar surface area (TPSA) is 80.5 Å². The number of carbonyl (C=O) groups excluding carboxylic acids is 1. The van der Waals surface area contributed by atoms with Crippen LogP contribution in [0.3, 0.4) is 0 Å². The molecule has 156 valence electrons. The fourth-order valence-electron chi connectivity index (χ4n) is 3.98. The third-order valence-corrected chi connectivity index (χ3v) is 5.06. The Kier molecular flexibility index (Phi) is 5.38. The molecular weight excluding hydrogens is 373 g/mol. The van der Waals surface area contributed by atoms with E-state index in [9.17, 15) is 18.0 Å². The Morgan fingerprint density at radius 1 is 1.29 bits per heavy atom. The van der Waals surface area contributed by atoms with Crippen molar-refractivity contribution in [1.82, 2.24) is 10.3 Å². The average Bonchev–Trinajstić information content (AvgIpc) is 3.00. The van der Waals surface area contributed by atoms with Crippen LogP contribution in [0, 0.1) is 5.92 Å². The van der Waals surface area contributed by atoms with Crippen LogP contribution < -0.4 is 16.0 Å². The van der Waals surface area contributed by atoms with Crippen LogP contribution in [0.25, 0.3) is 0 Å². The number of hydrogen-bond acceptors (Lipinski definition) is 5. The number of halogens is 3. The number of ether oxygens (including phenoxy) is 1. The number of alkyl carbamates (subject to hydrolysis) is 1. The maximum absolute atomic E-state index is 13.6. The molecule has 0 bridgehead atoms. The van der Waals surface area contributed by atoms with Gasteiger partial charge in [0.25, 0.3) is 0 Å². The lowest BCUT2D eigenvalue weighted by Crippen LogP contribution is -2.54. The molecule has 0 aromatic carbocycles. The smallest absolute Gasteiger partial charge is 0.407 e. The Morgan fingerprint density at radius 3 is 2.64 bits per heavy atom. The fraction of sp³-hybridized carbons (Fsp3) is 0.684. The lowest BCUT2D eigenvalue weighted by atomic mass is 9.92. The van der Waals surface area contributed by atoms with Crippen molar-refractivity contribution in [2.75, 3.05) is 23.7 Å². The number of anilines is 2. The zero-order valence-electron chi connectivity index (χ0n) is 16.4. The summed E-state index contributed by atoms with van der Waals surface area (Å²) in [6.45, 7) is 5.18. The molecule has 0 radical (unpaired) electrons. The van der Waals surface area contributed by atoms with Crippen molar-refractivity contribution in [2.45, 2.75) is 64.3 Å². The Hall–Kier alpha value is -2.19. The Labute approximate surface area is 162 Å².